The Hall–Kier alpha value is -1.60. The Kier molecular flexibility index (Phi) is 5.97. The molecule has 20 heavy (non-hydrogen) atoms. The molecule has 1 aromatic rings. The number of likely N-dealkylation sites (tertiary alicyclic amines) is 1. The molecular formula is C12H19ClN4O3. The average molecular weight is 303 g/mol. The Balaban J connectivity index is 0.00000200. The van der Waals surface area contributed by atoms with E-state index in [1.165, 1.54) is 12.1 Å². The monoisotopic (exact) mass is 302 g/mol. The molecule has 2 heterocycles. The zero-order valence-electron chi connectivity index (χ0n) is 11.3. The highest BCUT2D eigenvalue weighted by Gasteiger charge is 2.26. The van der Waals surface area contributed by atoms with Gasteiger partial charge in [0, 0.05) is 19.2 Å². The first-order valence-electron chi connectivity index (χ1n) is 6.39. The smallest absolute Gasteiger partial charge is 0.321 e. The molecular weight excluding hydrogens is 284 g/mol. The highest BCUT2D eigenvalue weighted by Crippen LogP contribution is 2.19. The number of carbonyl (C=O) groups is 1. The number of piperidine rings is 1. The summed E-state index contributed by atoms with van der Waals surface area (Å²) in [6.07, 6.45) is 1.94. The maximum atomic E-state index is 12.2. The van der Waals surface area contributed by atoms with Crippen molar-refractivity contribution in [2.45, 2.75) is 12.8 Å². The number of H-pyrrole nitrogens is 1. The first-order valence-corrected chi connectivity index (χ1v) is 6.39. The largest absolute Gasteiger partial charge is 0.358 e. The molecule has 7 nitrogen and oxygen atoms in total. The van der Waals surface area contributed by atoms with Crippen molar-refractivity contribution in [3.05, 3.63) is 27.9 Å². The van der Waals surface area contributed by atoms with E-state index in [0.717, 1.165) is 19.4 Å². The number of nitrogens with zero attached hydrogens (tertiary/aromatic N) is 2. The zero-order chi connectivity index (χ0) is 13.8. The van der Waals surface area contributed by atoms with Crippen LogP contribution >= 0.6 is 12.4 Å². The van der Waals surface area contributed by atoms with Gasteiger partial charge in [-0.15, -0.1) is 12.4 Å². The van der Waals surface area contributed by atoms with Gasteiger partial charge in [0.25, 0.3) is 5.91 Å². The highest BCUT2D eigenvalue weighted by atomic mass is 35.5. The molecule has 0 unspecified atom stereocenters. The summed E-state index contributed by atoms with van der Waals surface area (Å²) < 4.78 is 0. The minimum absolute atomic E-state index is 0. The Labute approximate surface area is 123 Å². The van der Waals surface area contributed by atoms with Crippen molar-refractivity contribution in [3.8, 4) is 0 Å². The molecule has 0 saturated carbocycles. The highest BCUT2D eigenvalue weighted by molar-refractivity contribution is 5.93. The number of nitrogens with one attached hydrogen (secondary N) is 2. The van der Waals surface area contributed by atoms with Crippen molar-refractivity contribution in [2.75, 3.05) is 26.7 Å². The topological polar surface area (TPSA) is 91.3 Å². The van der Waals surface area contributed by atoms with Crippen LogP contribution in [0.15, 0.2) is 12.1 Å². The second-order valence-corrected chi connectivity index (χ2v) is 4.81. The van der Waals surface area contributed by atoms with Crippen LogP contribution in [0.3, 0.4) is 0 Å². The number of aromatic amines is 1. The molecule has 8 heteroatoms. The van der Waals surface area contributed by atoms with Gasteiger partial charge in [-0.2, -0.15) is 0 Å². The van der Waals surface area contributed by atoms with Crippen molar-refractivity contribution in [3.63, 3.8) is 0 Å². The molecule has 1 aliphatic heterocycles. The molecule has 1 amide bonds. The lowest BCUT2D eigenvalue weighted by Crippen LogP contribution is -2.40. The van der Waals surface area contributed by atoms with Gasteiger partial charge >= 0.3 is 5.82 Å². The van der Waals surface area contributed by atoms with Gasteiger partial charge < -0.3 is 20.3 Å². The van der Waals surface area contributed by atoms with E-state index in [0.29, 0.717) is 24.7 Å². The van der Waals surface area contributed by atoms with E-state index in [1.54, 1.807) is 4.90 Å². The summed E-state index contributed by atoms with van der Waals surface area (Å²) in [6, 6.07) is 2.79. The summed E-state index contributed by atoms with van der Waals surface area (Å²) in [5.41, 5.74) is 0.291. The second kappa shape index (κ2) is 7.25. The van der Waals surface area contributed by atoms with Crippen LogP contribution in [0.4, 0.5) is 5.82 Å². The van der Waals surface area contributed by atoms with Crippen LogP contribution in [0.5, 0.6) is 0 Å². The zero-order valence-corrected chi connectivity index (χ0v) is 12.1. The minimum atomic E-state index is -0.532. The van der Waals surface area contributed by atoms with E-state index in [1.807, 2.05) is 7.05 Å². The fourth-order valence-electron chi connectivity index (χ4n) is 2.41. The summed E-state index contributed by atoms with van der Waals surface area (Å²) in [5, 5.41) is 13.7. The van der Waals surface area contributed by atoms with Gasteiger partial charge in [0.05, 0.1) is 0 Å². The molecule has 2 N–H and O–H groups in total. The number of amides is 1. The normalized spacial score (nSPS) is 15.8. The maximum absolute atomic E-state index is 12.2. The number of halogens is 1. The van der Waals surface area contributed by atoms with Crippen LogP contribution in [0, 0.1) is 16.0 Å². The molecule has 1 aromatic heterocycles. The van der Waals surface area contributed by atoms with E-state index in [9.17, 15) is 14.9 Å². The number of carbonyl (C=O) groups excluding carboxylic acids is 1. The minimum Gasteiger partial charge on any atom is -0.358 e. The predicted octanol–water partition coefficient (Wildman–Crippen LogP) is 1.42. The van der Waals surface area contributed by atoms with Crippen molar-refractivity contribution in [2.24, 2.45) is 5.92 Å². The van der Waals surface area contributed by atoms with Gasteiger partial charge in [-0.3, -0.25) is 4.79 Å². The SMILES string of the molecule is CNCC1CCN(C(=O)c2ccc([N+](=O)[O-])[nH]2)CC1.Cl. The number of hydrogen-bond donors (Lipinski definition) is 2. The Morgan fingerprint density at radius 2 is 2.15 bits per heavy atom. The van der Waals surface area contributed by atoms with Gasteiger partial charge in [0.2, 0.25) is 0 Å². The molecule has 0 radical (unpaired) electrons. The third kappa shape index (κ3) is 3.71. The lowest BCUT2D eigenvalue weighted by atomic mass is 9.97. The van der Waals surface area contributed by atoms with Crippen LogP contribution in [0.2, 0.25) is 0 Å². The number of nitro groups is 1. The molecule has 0 spiro atoms. The standard InChI is InChI=1S/C12H18N4O3.ClH/c1-13-8-9-4-6-15(7-5-9)12(17)10-2-3-11(14-10)16(18)19;/h2-3,9,13-14H,4-8H2,1H3;1H. The molecule has 0 bridgehead atoms. The molecule has 1 fully saturated rings. The lowest BCUT2D eigenvalue weighted by Gasteiger charge is -2.31. The van der Waals surface area contributed by atoms with Crippen LogP contribution in [-0.4, -0.2) is 47.4 Å². The van der Waals surface area contributed by atoms with Crippen molar-refractivity contribution in [1.29, 1.82) is 0 Å². The third-order valence-electron chi connectivity index (χ3n) is 3.49. The molecule has 112 valence electrons. The molecule has 0 aliphatic carbocycles. The summed E-state index contributed by atoms with van der Waals surface area (Å²) >= 11 is 0. The van der Waals surface area contributed by atoms with E-state index in [4.69, 9.17) is 0 Å². The first-order chi connectivity index (χ1) is 9.11. The molecule has 0 aromatic carbocycles. The second-order valence-electron chi connectivity index (χ2n) is 4.81. The Bertz CT molecular complexity index is 469. The van der Waals surface area contributed by atoms with E-state index >= 15 is 0 Å². The van der Waals surface area contributed by atoms with Crippen LogP contribution in [-0.2, 0) is 0 Å². The fourth-order valence-corrected chi connectivity index (χ4v) is 2.41. The number of aromatic nitrogens is 1. The van der Waals surface area contributed by atoms with E-state index in [2.05, 4.69) is 10.3 Å². The average Bonchev–Trinajstić information content (AvgIpc) is 2.89. The summed E-state index contributed by atoms with van der Waals surface area (Å²) in [6.45, 7) is 2.38. The van der Waals surface area contributed by atoms with Crippen molar-refractivity contribution < 1.29 is 9.72 Å². The molecule has 2 rings (SSSR count). The Morgan fingerprint density at radius 3 is 2.65 bits per heavy atom. The molecule has 1 saturated heterocycles. The summed E-state index contributed by atoms with van der Waals surface area (Å²) in [4.78, 5) is 26.5. The van der Waals surface area contributed by atoms with Crippen LogP contribution in [0.25, 0.3) is 0 Å². The van der Waals surface area contributed by atoms with Gasteiger partial charge in [0.15, 0.2) is 5.69 Å². The summed E-state index contributed by atoms with van der Waals surface area (Å²) in [7, 11) is 1.93. The van der Waals surface area contributed by atoms with Crippen molar-refractivity contribution >= 4 is 24.1 Å². The maximum Gasteiger partial charge on any atom is 0.321 e. The molecule has 1 aliphatic rings. The summed E-state index contributed by atoms with van der Waals surface area (Å²) in [5.74, 6) is 0.302. The Morgan fingerprint density at radius 1 is 1.50 bits per heavy atom. The lowest BCUT2D eigenvalue weighted by molar-refractivity contribution is -0.389. The van der Waals surface area contributed by atoms with Gasteiger partial charge in [-0.25, -0.2) is 4.98 Å². The van der Waals surface area contributed by atoms with Crippen LogP contribution < -0.4 is 5.32 Å². The van der Waals surface area contributed by atoms with Crippen LogP contribution in [0.1, 0.15) is 23.3 Å². The number of rotatable bonds is 4. The van der Waals surface area contributed by atoms with Gasteiger partial charge in [-0.1, -0.05) is 0 Å². The van der Waals surface area contributed by atoms with E-state index in [-0.39, 0.29) is 24.1 Å². The molecule has 0 atom stereocenters. The fraction of sp³-hybridized carbons (Fsp3) is 0.583. The van der Waals surface area contributed by atoms with Gasteiger partial charge in [-0.05, 0) is 43.3 Å². The predicted molar refractivity (Wildman–Crippen MR) is 77.2 cm³/mol. The first kappa shape index (κ1) is 16.5. The van der Waals surface area contributed by atoms with Crippen molar-refractivity contribution in [1.82, 2.24) is 15.2 Å². The van der Waals surface area contributed by atoms with E-state index < -0.39 is 4.92 Å². The van der Waals surface area contributed by atoms with Gasteiger partial charge in [0.1, 0.15) is 0 Å². The quantitative estimate of drug-likeness (QED) is 0.650. The number of hydrogen-bond acceptors (Lipinski definition) is 4. The third-order valence-corrected chi connectivity index (χ3v) is 3.49.